The van der Waals surface area contributed by atoms with Crippen LogP contribution < -0.4 is 20.1 Å². The fourth-order valence-corrected chi connectivity index (χ4v) is 2.17. The van der Waals surface area contributed by atoms with Crippen LogP contribution in [0, 0.1) is 0 Å². The number of halogens is 3. The third-order valence-electron chi connectivity index (χ3n) is 3.33. The number of ether oxygens (including phenoxy) is 2. The van der Waals surface area contributed by atoms with Gasteiger partial charge in [-0.25, -0.2) is 4.79 Å². The number of carbonyl (C=O) groups is 1. The van der Waals surface area contributed by atoms with Crippen molar-refractivity contribution in [1.82, 2.24) is 5.32 Å². The molecule has 8 heteroatoms. The van der Waals surface area contributed by atoms with Gasteiger partial charge in [0.2, 0.25) is 6.79 Å². The fourth-order valence-electron chi connectivity index (χ4n) is 2.17. The number of rotatable bonds is 3. The van der Waals surface area contributed by atoms with E-state index in [0.717, 1.165) is 12.1 Å². The first-order valence-corrected chi connectivity index (χ1v) is 7.23. The highest BCUT2D eigenvalue weighted by Gasteiger charge is 2.30. The zero-order chi connectivity index (χ0) is 17.9. The molecule has 25 heavy (non-hydrogen) atoms. The van der Waals surface area contributed by atoms with E-state index in [0.29, 0.717) is 22.7 Å². The van der Waals surface area contributed by atoms with Gasteiger partial charge in [0.05, 0.1) is 5.56 Å². The molecule has 0 spiro atoms. The summed E-state index contributed by atoms with van der Waals surface area (Å²) in [6.07, 6.45) is -1.78. The Hall–Kier alpha value is -3.16. The Morgan fingerprint density at radius 3 is 2.68 bits per heavy atom. The lowest BCUT2D eigenvalue weighted by molar-refractivity contribution is -0.137. The summed E-state index contributed by atoms with van der Waals surface area (Å²) in [7, 11) is 0. The standard InChI is InChI=1S/C17H13F3N2O3/c18-17(19,20)12-3-1-2-11(8-12)6-7-21-16(23)22-13-4-5-14-15(9-13)25-10-24-14/h1-9H,10H2,(H2,21,22,23)/b7-6+. The molecule has 2 amide bonds. The maximum absolute atomic E-state index is 12.6. The van der Waals surface area contributed by atoms with Crippen molar-refractivity contribution in [3.63, 3.8) is 0 Å². The van der Waals surface area contributed by atoms with Gasteiger partial charge in [0.1, 0.15) is 0 Å². The number of hydrogen-bond donors (Lipinski definition) is 2. The molecule has 0 fully saturated rings. The highest BCUT2D eigenvalue weighted by Crippen LogP contribution is 2.34. The lowest BCUT2D eigenvalue weighted by Crippen LogP contribution is -2.23. The maximum atomic E-state index is 12.6. The first-order chi connectivity index (χ1) is 11.9. The van der Waals surface area contributed by atoms with E-state index in [9.17, 15) is 18.0 Å². The van der Waals surface area contributed by atoms with Gasteiger partial charge in [-0.15, -0.1) is 0 Å². The van der Waals surface area contributed by atoms with Gasteiger partial charge >= 0.3 is 12.2 Å². The first kappa shape index (κ1) is 16.7. The van der Waals surface area contributed by atoms with Crippen LogP contribution in [0.4, 0.5) is 23.7 Å². The van der Waals surface area contributed by atoms with Gasteiger partial charge in [0.25, 0.3) is 0 Å². The van der Waals surface area contributed by atoms with Crippen molar-refractivity contribution in [2.75, 3.05) is 12.1 Å². The third-order valence-corrected chi connectivity index (χ3v) is 3.33. The fraction of sp³-hybridized carbons (Fsp3) is 0.118. The third kappa shape index (κ3) is 4.23. The second-order valence-corrected chi connectivity index (χ2v) is 5.12. The zero-order valence-electron chi connectivity index (χ0n) is 12.8. The minimum Gasteiger partial charge on any atom is -0.454 e. The van der Waals surface area contributed by atoms with E-state index in [1.54, 1.807) is 18.2 Å². The van der Waals surface area contributed by atoms with Gasteiger partial charge in [-0.05, 0) is 35.9 Å². The molecule has 3 rings (SSSR count). The molecule has 0 saturated heterocycles. The van der Waals surface area contributed by atoms with E-state index in [-0.39, 0.29) is 6.79 Å². The Labute approximate surface area is 141 Å². The SMILES string of the molecule is O=C(N/C=C/c1cccc(C(F)(F)F)c1)Nc1ccc2c(c1)OCO2. The molecule has 2 aromatic carbocycles. The molecule has 0 saturated carbocycles. The number of hydrogen-bond acceptors (Lipinski definition) is 3. The molecule has 130 valence electrons. The molecule has 1 heterocycles. The average Bonchev–Trinajstić information content (AvgIpc) is 3.02. The van der Waals surface area contributed by atoms with E-state index in [1.165, 1.54) is 24.4 Å². The van der Waals surface area contributed by atoms with E-state index in [4.69, 9.17) is 9.47 Å². The summed E-state index contributed by atoms with van der Waals surface area (Å²) >= 11 is 0. The summed E-state index contributed by atoms with van der Waals surface area (Å²) in [6.45, 7) is 0.130. The summed E-state index contributed by atoms with van der Waals surface area (Å²) in [6, 6.07) is 9.16. The molecule has 1 aliphatic heterocycles. The van der Waals surface area contributed by atoms with Gasteiger partial charge in [0.15, 0.2) is 11.5 Å². The number of alkyl halides is 3. The second-order valence-electron chi connectivity index (χ2n) is 5.12. The van der Waals surface area contributed by atoms with E-state index < -0.39 is 17.8 Å². The van der Waals surface area contributed by atoms with Gasteiger partial charge in [-0.1, -0.05) is 12.1 Å². The Bertz CT molecular complexity index is 819. The van der Waals surface area contributed by atoms with Crippen LogP contribution in [0.25, 0.3) is 6.08 Å². The van der Waals surface area contributed by atoms with Crippen molar-refractivity contribution < 1.29 is 27.4 Å². The van der Waals surface area contributed by atoms with Crippen LogP contribution >= 0.6 is 0 Å². The highest BCUT2D eigenvalue weighted by atomic mass is 19.4. The number of fused-ring (bicyclic) bond motifs is 1. The zero-order valence-corrected chi connectivity index (χ0v) is 12.8. The number of benzene rings is 2. The molecule has 0 unspecified atom stereocenters. The molecule has 0 atom stereocenters. The van der Waals surface area contributed by atoms with Gasteiger partial charge in [0, 0.05) is 18.0 Å². The van der Waals surface area contributed by atoms with Crippen molar-refractivity contribution in [2.45, 2.75) is 6.18 Å². The monoisotopic (exact) mass is 350 g/mol. The summed E-state index contributed by atoms with van der Waals surface area (Å²) in [5, 5.41) is 5.00. The highest BCUT2D eigenvalue weighted by molar-refractivity contribution is 5.90. The lowest BCUT2D eigenvalue weighted by atomic mass is 10.1. The predicted molar refractivity (Wildman–Crippen MR) is 85.2 cm³/mol. The van der Waals surface area contributed by atoms with Crippen molar-refractivity contribution in [1.29, 1.82) is 0 Å². The molecular weight excluding hydrogens is 337 g/mol. The number of nitrogens with one attached hydrogen (secondary N) is 2. The Kier molecular flexibility index (Phi) is 4.51. The quantitative estimate of drug-likeness (QED) is 0.871. The average molecular weight is 350 g/mol. The Balaban J connectivity index is 1.58. The maximum Gasteiger partial charge on any atom is 0.416 e. The van der Waals surface area contributed by atoms with Crippen LogP contribution in [-0.4, -0.2) is 12.8 Å². The van der Waals surface area contributed by atoms with E-state index in [2.05, 4.69) is 10.6 Å². The summed E-state index contributed by atoms with van der Waals surface area (Å²) in [5.41, 5.74) is 0.0619. The molecule has 0 radical (unpaired) electrons. The molecule has 1 aliphatic rings. The van der Waals surface area contributed by atoms with Gasteiger partial charge in [-0.2, -0.15) is 13.2 Å². The number of anilines is 1. The van der Waals surface area contributed by atoms with Gasteiger partial charge < -0.3 is 20.1 Å². The van der Waals surface area contributed by atoms with Crippen LogP contribution in [-0.2, 0) is 6.18 Å². The van der Waals surface area contributed by atoms with Crippen LogP contribution in [0.1, 0.15) is 11.1 Å². The second kappa shape index (κ2) is 6.76. The molecule has 2 aromatic rings. The normalized spacial score (nSPS) is 13.1. The smallest absolute Gasteiger partial charge is 0.416 e. The predicted octanol–water partition coefficient (Wildman–Crippen LogP) is 4.23. The Morgan fingerprint density at radius 1 is 1.08 bits per heavy atom. The summed E-state index contributed by atoms with van der Waals surface area (Å²) in [5.74, 6) is 1.12. The van der Waals surface area contributed by atoms with E-state index in [1.807, 2.05) is 0 Å². The largest absolute Gasteiger partial charge is 0.454 e. The number of amides is 2. The minimum atomic E-state index is -4.41. The van der Waals surface area contributed by atoms with Crippen LogP contribution in [0.15, 0.2) is 48.7 Å². The van der Waals surface area contributed by atoms with Crippen LogP contribution in [0.5, 0.6) is 11.5 Å². The molecule has 5 nitrogen and oxygen atoms in total. The lowest BCUT2D eigenvalue weighted by Gasteiger charge is -2.07. The first-order valence-electron chi connectivity index (χ1n) is 7.23. The molecule has 2 N–H and O–H groups in total. The minimum absolute atomic E-state index is 0.130. The summed E-state index contributed by atoms with van der Waals surface area (Å²) < 4.78 is 48.3. The number of carbonyl (C=O) groups excluding carboxylic acids is 1. The van der Waals surface area contributed by atoms with Crippen molar-refractivity contribution in [2.24, 2.45) is 0 Å². The molecular formula is C17H13F3N2O3. The molecule has 0 aromatic heterocycles. The van der Waals surface area contributed by atoms with Gasteiger partial charge in [-0.3, -0.25) is 0 Å². The molecule has 0 aliphatic carbocycles. The van der Waals surface area contributed by atoms with Crippen molar-refractivity contribution in [3.8, 4) is 11.5 Å². The summed E-state index contributed by atoms with van der Waals surface area (Å²) in [4.78, 5) is 11.8. The van der Waals surface area contributed by atoms with Crippen LogP contribution in [0.2, 0.25) is 0 Å². The van der Waals surface area contributed by atoms with Crippen LogP contribution in [0.3, 0.4) is 0 Å². The van der Waals surface area contributed by atoms with Crippen molar-refractivity contribution >= 4 is 17.8 Å². The topological polar surface area (TPSA) is 59.6 Å². The van der Waals surface area contributed by atoms with Crippen molar-refractivity contribution in [3.05, 3.63) is 59.8 Å². The van der Waals surface area contributed by atoms with E-state index >= 15 is 0 Å². The Morgan fingerprint density at radius 2 is 1.88 bits per heavy atom. The molecule has 0 bridgehead atoms. The number of urea groups is 1.